The van der Waals surface area contributed by atoms with Gasteiger partial charge in [0.25, 0.3) is 10.1 Å². The van der Waals surface area contributed by atoms with Gasteiger partial charge in [-0.05, 0) is 30.7 Å². The van der Waals surface area contributed by atoms with E-state index in [1.807, 2.05) is 0 Å². The zero-order chi connectivity index (χ0) is 15.8. The summed E-state index contributed by atoms with van der Waals surface area (Å²) in [6.07, 6.45) is -4.46. The normalized spacial score (nSPS) is 12.4. The number of benzene rings is 2. The minimum atomic E-state index is -4.46. The van der Waals surface area contributed by atoms with E-state index in [-0.39, 0.29) is 16.0 Å². The van der Waals surface area contributed by atoms with Gasteiger partial charge in [0.15, 0.2) is 0 Å². The van der Waals surface area contributed by atoms with Crippen LogP contribution in [0.2, 0.25) is 0 Å². The molecule has 21 heavy (non-hydrogen) atoms. The number of halogens is 3. The van der Waals surface area contributed by atoms with Gasteiger partial charge in [0, 0.05) is 5.56 Å². The molecule has 0 saturated heterocycles. The summed E-state index contributed by atoms with van der Waals surface area (Å²) in [5, 5.41) is 0. The van der Waals surface area contributed by atoms with E-state index in [0.29, 0.717) is 0 Å². The van der Waals surface area contributed by atoms with Gasteiger partial charge in [0.2, 0.25) is 0 Å². The number of hydrogen-bond donors (Lipinski definition) is 1. The topological polar surface area (TPSA) is 54.4 Å². The Morgan fingerprint density at radius 1 is 1.00 bits per heavy atom. The molecule has 0 spiro atoms. The van der Waals surface area contributed by atoms with Gasteiger partial charge in [-0.15, -0.1) is 0 Å². The molecule has 0 unspecified atom stereocenters. The molecule has 0 bridgehead atoms. The molecule has 0 amide bonds. The van der Waals surface area contributed by atoms with E-state index in [4.69, 9.17) is 0 Å². The average Bonchev–Trinajstić information content (AvgIpc) is 2.36. The summed E-state index contributed by atoms with van der Waals surface area (Å²) in [6, 6.07) is 8.29. The van der Waals surface area contributed by atoms with Crippen LogP contribution >= 0.6 is 0 Å². The third kappa shape index (κ3) is 3.43. The fraction of sp³-hybridized carbons (Fsp3) is 0.143. The molecular formula is C14H11F3O3S. The van der Waals surface area contributed by atoms with Crippen molar-refractivity contribution >= 4 is 10.1 Å². The van der Waals surface area contributed by atoms with Gasteiger partial charge in [-0.2, -0.15) is 21.6 Å². The zero-order valence-corrected chi connectivity index (χ0v) is 11.7. The van der Waals surface area contributed by atoms with Gasteiger partial charge in [0.1, 0.15) is 4.90 Å². The van der Waals surface area contributed by atoms with Crippen LogP contribution in [0.1, 0.15) is 11.1 Å². The second-order valence-corrected chi connectivity index (χ2v) is 5.94. The Kier molecular flexibility index (Phi) is 3.81. The molecular weight excluding hydrogens is 305 g/mol. The molecule has 112 valence electrons. The van der Waals surface area contributed by atoms with Crippen molar-refractivity contribution in [2.45, 2.75) is 18.0 Å². The molecule has 0 saturated carbocycles. The van der Waals surface area contributed by atoms with Crippen molar-refractivity contribution < 1.29 is 26.1 Å². The van der Waals surface area contributed by atoms with E-state index in [9.17, 15) is 26.1 Å². The third-order valence-electron chi connectivity index (χ3n) is 2.94. The third-order valence-corrected chi connectivity index (χ3v) is 3.85. The monoisotopic (exact) mass is 316 g/mol. The van der Waals surface area contributed by atoms with E-state index in [0.717, 1.165) is 17.7 Å². The lowest BCUT2D eigenvalue weighted by Crippen LogP contribution is -2.05. The summed E-state index contributed by atoms with van der Waals surface area (Å²) in [5.74, 6) is 0. The summed E-state index contributed by atoms with van der Waals surface area (Å²) < 4.78 is 69.4. The lowest BCUT2D eigenvalue weighted by Gasteiger charge is -2.11. The Hall–Kier alpha value is -1.86. The maximum Gasteiger partial charge on any atom is 0.416 e. The van der Waals surface area contributed by atoms with Crippen LogP contribution in [-0.2, 0) is 16.3 Å². The summed E-state index contributed by atoms with van der Waals surface area (Å²) in [5.41, 5.74) is 0.329. The average molecular weight is 316 g/mol. The molecule has 2 rings (SSSR count). The van der Waals surface area contributed by atoms with Crippen molar-refractivity contribution in [1.29, 1.82) is 0 Å². The van der Waals surface area contributed by atoms with Crippen LogP contribution in [0.4, 0.5) is 13.2 Å². The fourth-order valence-electron chi connectivity index (χ4n) is 1.93. The SMILES string of the molecule is Cc1ccc(S(=O)(=O)O)c(-c2ccc(C(F)(F)F)cc2)c1. The highest BCUT2D eigenvalue weighted by Gasteiger charge is 2.30. The second-order valence-electron chi connectivity index (χ2n) is 4.55. The van der Waals surface area contributed by atoms with Crippen molar-refractivity contribution in [3.8, 4) is 11.1 Å². The van der Waals surface area contributed by atoms with Crippen LogP contribution in [0, 0.1) is 6.92 Å². The first-order valence-corrected chi connectivity index (χ1v) is 7.29. The quantitative estimate of drug-likeness (QED) is 0.854. The van der Waals surface area contributed by atoms with Crippen molar-refractivity contribution in [3.05, 3.63) is 53.6 Å². The van der Waals surface area contributed by atoms with Crippen molar-refractivity contribution in [2.24, 2.45) is 0 Å². The molecule has 2 aromatic carbocycles. The maximum atomic E-state index is 12.5. The molecule has 1 N–H and O–H groups in total. The van der Waals surface area contributed by atoms with E-state index < -0.39 is 21.9 Å². The first-order chi connectivity index (χ1) is 9.59. The van der Waals surface area contributed by atoms with E-state index in [1.54, 1.807) is 6.92 Å². The van der Waals surface area contributed by atoms with Crippen molar-refractivity contribution in [1.82, 2.24) is 0 Å². The van der Waals surface area contributed by atoms with Crippen LogP contribution < -0.4 is 0 Å². The number of alkyl halides is 3. The first-order valence-electron chi connectivity index (χ1n) is 5.85. The van der Waals surface area contributed by atoms with Crippen LogP contribution in [0.25, 0.3) is 11.1 Å². The van der Waals surface area contributed by atoms with Crippen LogP contribution in [0.3, 0.4) is 0 Å². The molecule has 0 aromatic heterocycles. The first kappa shape index (κ1) is 15.5. The molecule has 0 radical (unpaired) electrons. The lowest BCUT2D eigenvalue weighted by atomic mass is 10.0. The van der Waals surface area contributed by atoms with Crippen molar-refractivity contribution in [3.63, 3.8) is 0 Å². The molecule has 2 aromatic rings. The van der Waals surface area contributed by atoms with E-state index >= 15 is 0 Å². The Morgan fingerprint density at radius 2 is 1.57 bits per heavy atom. The zero-order valence-electron chi connectivity index (χ0n) is 10.8. The molecule has 0 heterocycles. The minimum Gasteiger partial charge on any atom is -0.282 e. The standard InChI is InChI=1S/C14H11F3O3S/c1-9-2-7-13(21(18,19)20)12(8-9)10-3-5-11(6-4-10)14(15,16)17/h2-8H,1H3,(H,18,19,20). The Labute approximate surface area is 119 Å². The Balaban J connectivity index is 2.59. The highest BCUT2D eigenvalue weighted by Crippen LogP contribution is 2.33. The lowest BCUT2D eigenvalue weighted by molar-refractivity contribution is -0.137. The smallest absolute Gasteiger partial charge is 0.282 e. The number of rotatable bonds is 2. The van der Waals surface area contributed by atoms with Gasteiger partial charge in [-0.25, -0.2) is 0 Å². The molecule has 0 aliphatic rings. The number of hydrogen-bond acceptors (Lipinski definition) is 2. The van der Waals surface area contributed by atoms with Gasteiger partial charge < -0.3 is 0 Å². The Bertz CT molecular complexity index is 763. The predicted molar refractivity (Wildman–Crippen MR) is 71.4 cm³/mol. The Morgan fingerprint density at radius 3 is 2.05 bits per heavy atom. The van der Waals surface area contributed by atoms with Gasteiger partial charge >= 0.3 is 6.18 Å². The molecule has 0 aliphatic heterocycles. The largest absolute Gasteiger partial charge is 0.416 e. The second kappa shape index (κ2) is 5.16. The summed E-state index contributed by atoms with van der Waals surface area (Å²) >= 11 is 0. The summed E-state index contributed by atoms with van der Waals surface area (Å²) in [6.45, 7) is 1.71. The summed E-state index contributed by atoms with van der Waals surface area (Å²) in [7, 11) is -4.46. The van der Waals surface area contributed by atoms with E-state index in [1.165, 1.54) is 30.3 Å². The van der Waals surface area contributed by atoms with Gasteiger partial charge in [-0.1, -0.05) is 29.8 Å². The number of aryl methyl sites for hydroxylation is 1. The van der Waals surface area contributed by atoms with Crippen LogP contribution in [0.5, 0.6) is 0 Å². The molecule has 0 aliphatic carbocycles. The van der Waals surface area contributed by atoms with Crippen LogP contribution in [0.15, 0.2) is 47.4 Å². The highest BCUT2D eigenvalue weighted by atomic mass is 32.2. The maximum absolute atomic E-state index is 12.5. The molecule has 3 nitrogen and oxygen atoms in total. The van der Waals surface area contributed by atoms with Crippen molar-refractivity contribution in [2.75, 3.05) is 0 Å². The minimum absolute atomic E-state index is 0.159. The van der Waals surface area contributed by atoms with Gasteiger partial charge in [-0.3, -0.25) is 4.55 Å². The van der Waals surface area contributed by atoms with E-state index in [2.05, 4.69) is 0 Å². The van der Waals surface area contributed by atoms with Gasteiger partial charge in [0.05, 0.1) is 5.56 Å². The summed E-state index contributed by atoms with van der Waals surface area (Å²) in [4.78, 5) is -0.340. The highest BCUT2D eigenvalue weighted by molar-refractivity contribution is 7.86. The molecule has 0 atom stereocenters. The van der Waals surface area contributed by atoms with Crippen LogP contribution in [-0.4, -0.2) is 13.0 Å². The molecule has 7 heteroatoms. The fourth-order valence-corrected chi connectivity index (χ4v) is 2.63. The molecule has 0 fully saturated rings. The predicted octanol–water partition coefficient (Wildman–Crippen LogP) is 3.93.